The molecular weight excluding hydrogens is 250 g/mol. The summed E-state index contributed by atoms with van der Waals surface area (Å²) in [5.41, 5.74) is 5.32. The van der Waals surface area contributed by atoms with Gasteiger partial charge in [0.1, 0.15) is 4.99 Å². The first-order valence-corrected chi connectivity index (χ1v) is 6.38. The first kappa shape index (κ1) is 13.2. The van der Waals surface area contributed by atoms with Crippen molar-refractivity contribution in [2.75, 3.05) is 23.9 Å². The zero-order valence-corrected chi connectivity index (χ0v) is 10.4. The molecule has 3 N–H and O–H groups in total. The molecule has 0 aliphatic rings. The Balaban J connectivity index is 2.89. The molecule has 0 heterocycles. The minimum absolute atomic E-state index is 0.0667. The van der Waals surface area contributed by atoms with E-state index in [9.17, 15) is 8.78 Å². The maximum Gasteiger partial charge on any atom is 0.182 e. The summed E-state index contributed by atoms with van der Waals surface area (Å²) in [6.45, 7) is 0.573. The summed E-state index contributed by atoms with van der Waals surface area (Å²) in [5.74, 6) is -1.12. The van der Waals surface area contributed by atoms with Gasteiger partial charge in [-0.25, -0.2) is 8.78 Å². The second-order valence-electron chi connectivity index (χ2n) is 3.07. The van der Waals surface area contributed by atoms with Crippen LogP contribution in [0.2, 0.25) is 0 Å². The summed E-state index contributed by atoms with van der Waals surface area (Å²) in [6.07, 6.45) is 1.94. The zero-order chi connectivity index (χ0) is 12.1. The first-order chi connectivity index (χ1) is 7.57. The summed E-state index contributed by atoms with van der Waals surface area (Å²) >= 11 is 6.23. The molecule has 1 aromatic carbocycles. The second-order valence-corrected chi connectivity index (χ2v) is 4.50. The summed E-state index contributed by atoms with van der Waals surface area (Å²) < 4.78 is 26.9. The van der Waals surface area contributed by atoms with Gasteiger partial charge in [0.15, 0.2) is 11.6 Å². The largest absolute Gasteiger partial charge is 0.389 e. The lowest BCUT2D eigenvalue weighted by Gasteiger charge is -2.09. The van der Waals surface area contributed by atoms with Crippen LogP contribution in [0.25, 0.3) is 0 Å². The monoisotopic (exact) mass is 262 g/mol. The van der Waals surface area contributed by atoms with Crippen molar-refractivity contribution in [3.8, 4) is 0 Å². The predicted octanol–water partition coefficient (Wildman–Crippen LogP) is 2.37. The van der Waals surface area contributed by atoms with Crippen LogP contribution in [0.4, 0.5) is 14.5 Å². The average molecular weight is 262 g/mol. The summed E-state index contributed by atoms with van der Waals surface area (Å²) in [5, 5.41) is 2.80. The van der Waals surface area contributed by atoms with Crippen molar-refractivity contribution in [3.05, 3.63) is 29.3 Å². The van der Waals surface area contributed by atoms with Crippen LogP contribution < -0.4 is 11.1 Å². The normalized spacial score (nSPS) is 10.2. The van der Waals surface area contributed by atoms with Crippen molar-refractivity contribution in [2.24, 2.45) is 5.73 Å². The maximum atomic E-state index is 13.5. The highest BCUT2D eigenvalue weighted by atomic mass is 32.2. The molecule has 1 rings (SSSR count). The average Bonchev–Trinajstić information content (AvgIpc) is 2.24. The topological polar surface area (TPSA) is 38.0 Å². The lowest BCUT2D eigenvalue weighted by Crippen LogP contribution is -2.14. The van der Waals surface area contributed by atoms with Crippen LogP contribution >= 0.6 is 24.0 Å². The molecule has 0 amide bonds. The van der Waals surface area contributed by atoms with E-state index in [-0.39, 0.29) is 16.2 Å². The minimum Gasteiger partial charge on any atom is -0.389 e. The van der Waals surface area contributed by atoms with Gasteiger partial charge in [-0.1, -0.05) is 12.2 Å². The fourth-order valence-electron chi connectivity index (χ4n) is 1.16. The molecule has 0 spiro atoms. The number of anilines is 1. The van der Waals surface area contributed by atoms with Gasteiger partial charge in [-0.05, 0) is 18.4 Å². The number of thioether (sulfide) groups is 1. The number of benzene rings is 1. The Hall–Kier alpha value is -0.880. The van der Waals surface area contributed by atoms with Gasteiger partial charge in [0.05, 0.1) is 5.69 Å². The molecule has 0 unspecified atom stereocenters. The second kappa shape index (κ2) is 6.00. The number of thiocarbonyl (C=S) groups is 1. The van der Waals surface area contributed by atoms with E-state index in [1.807, 2.05) is 6.26 Å². The molecule has 0 aromatic heterocycles. The van der Waals surface area contributed by atoms with Crippen molar-refractivity contribution in [1.82, 2.24) is 0 Å². The molecule has 0 saturated heterocycles. The van der Waals surface area contributed by atoms with Crippen molar-refractivity contribution in [3.63, 3.8) is 0 Å². The van der Waals surface area contributed by atoms with Crippen molar-refractivity contribution < 1.29 is 8.78 Å². The number of rotatable bonds is 5. The Morgan fingerprint density at radius 3 is 2.69 bits per heavy atom. The molecule has 0 atom stereocenters. The molecule has 0 radical (unpaired) electrons. The van der Waals surface area contributed by atoms with E-state index in [1.165, 1.54) is 12.1 Å². The zero-order valence-electron chi connectivity index (χ0n) is 8.72. The van der Waals surface area contributed by atoms with Crippen LogP contribution in [-0.4, -0.2) is 23.5 Å². The number of halogens is 2. The van der Waals surface area contributed by atoms with Gasteiger partial charge in [-0.3, -0.25) is 0 Å². The first-order valence-electron chi connectivity index (χ1n) is 4.58. The SMILES string of the molecule is CSCCNc1ccc(C(N)=S)c(F)c1F. The van der Waals surface area contributed by atoms with Gasteiger partial charge in [0.25, 0.3) is 0 Å². The Kier molecular flexibility index (Phi) is 4.95. The molecule has 0 aliphatic heterocycles. The molecule has 1 aromatic rings. The third kappa shape index (κ3) is 3.05. The Bertz CT molecular complexity index is 397. The van der Waals surface area contributed by atoms with E-state index >= 15 is 0 Å². The maximum absolute atomic E-state index is 13.5. The summed E-state index contributed by atoms with van der Waals surface area (Å²) in [7, 11) is 0. The number of hydrogen-bond acceptors (Lipinski definition) is 3. The van der Waals surface area contributed by atoms with Gasteiger partial charge in [0.2, 0.25) is 0 Å². The van der Waals surface area contributed by atoms with Crippen LogP contribution in [0, 0.1) is 11.6 Å². The van der Waals surface area contributed by atoms with E-state index in [1.54, 1.807) is 11.8 Å². The molecule has 88 valence electrons. The Morgan fingerprint density at radius 1 is 1.44 bits per heavy atom. The quantitative estimate of drug-likeness (QED) is 0.631. The van der Waals surface area contributed by atoms with Gasteiger partial charge in [-0.15, -0.1) is 0 Å². The van der Waals surface area contributed by atoms with E-state index in [4.69, 9.17) is 5.73 Å². The lowest BCUT2D eigenvalue weighted by molar-refractivity contribution is 0.509. The molecule has 2 nitrogen and oxygen atoms in total. The van der Waals surface area contributed by atoms with Gasteiger partial charge >= 0.3 is 0 Å². The fraction of sp³-hybridized carbons (Fsp3) is 0.300. The van der Waals surface area contributed by atoms with E-state index < -0.39 is 11.6 Å². The van der Waals surface area contributed by atoms with Crippen LogP contribution in [0.3, 0.4) is 0 Å². The summed E-state index contributed by atoms with van der Waals surface area (Å²) in [4.78, 5) is -0.146. The lowest BCUT2D eigenvalue weighted by atomic mass is 10.2. The molecular formula is C10H12F2N2S2. The predicted molar refractivity (Wildman–Crippen MR) is 69.1 cm³/mol. The van der Waals surface area contributed by atoms with Crippen LogP contribution in [0.1, 0.15) is 5.56 Å². The number of nitrogens with two attached hydrogens (primary N) is 1. The Labute approximate surface area is 103 Å². The highest BCUT2D eigenvalue weighted by Gasteiger charge is 2.14. The van der Waals surface area contributed by atoms with E-state index in [0.717, 1.165) is 5.75 Å². The summed E-state index contributed by atoms with van der Waals surface area (Å²) in [6, 6.07) is 2.81. The van der Waals surface area contributed by atoms with Crippen LogP contribution in [-0.2, 0) is 0 Å². The molecule has 0 bridgehead atoms. The van der Waals surface area contributed by atoms with Crippen molar-refractivity contribution in [2.45, 2.75) is 0 Å². The molecule has 0 saturated carbocycles. The minimum atomic E-state index is -0.998. The highest BCUT2D eigenvalue weighted by molar-refractivity contribution is 7.98. The highest BCUT2D eigenvalue weighted by Crippen LogP contribution is 2.20. The smallest absolute Gasteiger partial charge is 0.182 e. The third-order valence-corrected chi connectivity index (χ3v) is 2.80. The van der Waals surface area contributed by atoms with Crippen molar-refractivity contribution in [1.29, 1.82) is 0 Å². The number of nitrogens with one attached hydrogen (secondary N) is 1. The van der Waals surface area contributed by atoms with Crippen molar-refractivity contribution >= 4 is 34.7 Å². The molecule has 0 fully saturated rings. The Morgan fingerprint density at radius 2 is 2.12 bits per heavy atom. The standard InChI is InChI=1S/C10H12F2N2S2/c1-16-5-4-14-7-3-2-6(10(13)15)8(11)9(7)12/h2-3,14H,4-5H2,1H3,(H2,13,15). The van der Waals surface area contributed by atoms with Crippen LogP contribution in [0.15, 0.2) is 12.1 Å². The van der Waals surface area contributed by atoms with Gasteiger partial charge in [0, 0.05) is 17.9 Å². The number of hydrogen-bond donors (Lipinski definition) is 2. The van der Waals surface area contributed by atoms with E-state index in [0.29, 0.717) is 6.54 Å². The molecule has 16 heavy (non-hydrogen) atoms. The van der Waals surface area contributed by atoms with Crippen LogP contribution in [0.5, 0.6) is 0 Å². The fourth-order valence-corrected chi connectivity index (χ4v) is 1.63. The third-order valence-electron chi connectivity index (χ3n) is 1.97. The van der Waals surface area contributed by atoms with Gasteiger partial charge in [-0.2, -0.15) is 11.8 Å². The van der Waals surface area contributed by atoms with Gasteiger partial charge < -0.3 is 11.1 Å². The molecule has 0 aliphatic carbocycles. The van der Waals surface area contributed by atoms with E-state index in [2.05, 4.69) is 17.5 Å². The molecule has 6 heteroatoms.